The summed E-state index contributed by atoms with van der Waals surface area (Å²) >= 11 is 1.10. The predicted molar refractivity (Wildman–Crippen MR) is 96.1 cm³/mol. The molecule has 1 aromatic carbocycles. The summed E-state index contributed by atoms with van der Waals surface area (Å²) in [4.78, 5) is 48.2. The molecule has 2 aromatic rings. The van der Waals surface area contributed by atoms with E-state index in [9.17, 15) is 14.4 Å². The number of anilines is 1. The maximum atomic E-state index is 12.8. The predicted octanol–water partition coefficient (Wildman–Crippen LogP) is 1.21. The number of amidine groups is 1. The molecule has 1 saturated heterocycles. The molecule has 10 heteroatoms. The van der Waals surface area contributed by atoms with E-state index in [1.54, 1.807) is 24.3 Å². The fraction of sp³-hybridized carbons (Fsp3) is 0.188. The minimum atomic E-state index is -0.714. The van der Waals surface area contributed by atoms with Gasteiger partial charge >= 0.3 is 5.97 Å². The Morgan fingerprint density at radius 1 is 1.38 bits per heavy atom. The number of carbonyl (C=O) groups is 3. The number of nitrogens with zero attached hydrogens (tertiary/aromatic N) is 3. The minimum absolute atomic E-state index is 0.0370. The highest BCUT2D eigenvalue weighted by atomic mass is 32.2. The van der Waals surface area contributed by atoms with E-state index in [2.05, 4.69) is 19.7 Å². The van der Waals surface area contributed by atoms with Gasteiger partial charge in [-0.2, -0.15) is 0 Å². The number of aliphatic imine (C=N–C) groups is 1. The van der Waals surface area contributed by atoms with Gasteiger partial charge in [-0.15, -0.1) is 0 Å². The third-order valence-electron chi connectivity index (χ3n) is 3.60. The van der Waals surface area contributed by atoms with Crippen molar-refractivity contribution in [3.63, 3.8) is 0 Å². The summed E-state index contributed by atoms with van der Waals surface area (Å²) in [7, 11) is 1.26. The van der Waals surface area contributed by atoms with Gasteiger partial charge in [0.05, 0.1) is 25.5 Å². The number of carbonyl (C=O) groups excluding carboxylic acids is 3. The number of hydrogen-bond donors (Lipinski definition) is 2. The van der Waals surface area contributed by atoms with Crippen LogP contribution in [0.3, 0.4) is 0 Å². The van der Waals surface area contributed by atoms with Crippen LogP contribution in [0.2, 0.25) is 0 Å². The summed E-state index contributed by atoms with van der Waals surface area (Å²) in [6.45, 7) is 0. The van der Waals surface area contributed by atoms with Crippen LogP contribution >= 0.6 is 11.8 Å². The van der Waals surface area contributed by atoms with Gasteiger partial charge in [-0.1, -0.05) is 30.0 Å². The molecule has 0 radical (unpaired) electrons. The highest BCUT2D eigenvalue weighted by Crippen LogP contribution is 2.35. The van der Waals surface area contributed by atoms with E-state index in [4.69, 9.17) is 5.73 Å². The lowest BCUT2D eigenvalue weighted by Crippen LogP contribution is -2.32. The van der Waals surface area contributed by atoms with E-state index in [1.807, 2.05) is 6.07 Å². The van der Waals surface area contributed by atoms with Crippen molar-refractivity contribution in [2.45, 2.75) is 11.7 Å². The highest BCUT2D eigenvalue weighted by molar-refractivity contribution is 8.16. The van der Waals surface area contributed by atoms with Crippen LogP contribution in [0.15, 0.2) is 41.7 Å². The SMILES string of the molecule is COC(=O)C[C@H]1SC(=Nc2nc[nH]c2C(N)=O)N(c2ccccc2)C1=O. The number of aromatic amines is 1. The van der Waals surface area contributed by atoms with Gasteiger partial charge in [-0.3, -0.25) is 19.3 Å². The Morgan fingerprint density at radius 2 is 2.12 bits per heavy atom. The van der Waals surface area contributed by atoms with Crippen LogP contribution in [0.25, 0.3) is 0 Å². The van der Waals surface area contributed by atoms with E-state index >= 15 is 0 Å². The Labute approximate surface area is 152 Å². The molecule has 0 aliphatic carbocycles. The lowest BCUT2D eigenvalue weighted by molar-refractivity contribution is -0.141. The van der Waals surface area contributed by atoms with Crippen molar-refractivity contribution in [3.8, 4) is 0 Å². The van der Waals surface area contributed by atoms with E-state index in [1.165, 1.54) is 18.3 Å². The highest BCUT2D eigenvalue weighted by Gasteiger charge is 2.40. The summed E-state index contributed by atoms with van der Waals surface area (Å²) < 4.78 is 4.65. The second kappa shape index (κ2) is 7.40. The molecule has 1 aliphatic heterocycles. The van der Waals surface area contributed by atoms with Crippen molar-refractivity contribution < 1.29 is 19.1 Å². The second-order valence-corrected chi connectivity index (χ2v) is 6.43. The number of rotatable bonds is 5. The van der Waals surface area contributed by atoms with Crippen molar-refractivity contribution in [1.29, 1.82) is 0 Å². The van der Waals surface area contributed by atoms with E-state index < -0.39 is 17.1 Å². The number of ether oxygens (including phenoxy) is 1. The monoisotopic (exact) mass is 373 g/mol. The summed E-state index contributed by atoms with van der Waals surface area (Å²) in [5, 5.41) is -0.387. The first kappa shape index (κ1) is 17.7. The Morgan fingerprint density at radius 3 is 2.77 bits per heavy atom. The number of para-hydroxylation sites is 1. The molecule has 0 bridgehead atoms. The molecule has 3 N–H and O–H groups in total. The van der Waals surface area contributed by atoms with Gasteiger partial charge in [0, 0.05) is 0 Å². The molecule has 1 aliphatic rings. The van der Waals surface area contributed by atoms with Crippen molar-refractivity contribution in [1.82, 2.24) is 9.97 Å². The van der Waals surface area contributed by atoms with Crippen LogP contribution < -0.4 is 10.6 Å². The van der Waals surface area contributed by atoms with Gasteiger partial charge in [-0.05, 0) is 12.1 Å². The van der Waals surface area contributed by atoms with Crippen LogP contribution in [0.4, 0.5) is 11.5 Å². The molecule has 2 amide bonds. The molecule has 0 spiro atoms. The molecule has 9 nitrogen and oxygen atoms in total. The summed E-state index contributed by atoms with van der Waals surface area (Å²) in [6, 6.07) is 8.87. The number of primary amides is 1. The molecule has 1 atom stereocenters. The Kier molecular flexibility index (Phi) is 5.03. The molecule has 1 fully saturated rings. The fourth-order valence-electron chi connectivity index (χ4n) is 2.37. The summed E-state index contributed by atoms with van der Waals surface area (Å²) in [6.07, 6.45) is 1.20. The number of thioether (sulfide) groups is 1. The summed E-state index contributed by atoms with van der Waals surface area (Å²) in [5.41, 5.74) is 5.92. The molecule has 26 heavy (non-hydrogen) atoms. The average Bonchev–Trinajstić information content (AvgIpc) is 3.21. The van der Waals surface area contributed by atoms with Gasteiger partial charge in [0.15, 0.2) is 16.7 Å². The number of H-pyrrole nitrogens is 1. The molecule has 3 rings (SSSR count). The second-order valence-electron chi connectivity index (χ2n) is 5.26. The van der Waals surface area contributed by atoms with Crippen molar-refractivity contribution in [3.05, 3.63) is 42.4 Å². The molecular formula is C16H15N5O4S. The Hall–Kier alpha value is -3.14. The lowest BCUT2D eigenvalue weighted by Gasteiger charge is -2.16. The number of nitrogens with one attached hydrogen (secondary N) is 1. The maximum absolute atomic E-state index is 12.8. The molecule has 1 aromatic heterocycles. The van der Waals surface area contributed by atoms with Crippen molar-refractivity contribution >= 4 is 46.2 Å². The first-order valence-corrected chi connectivity index (χ1v) is 8.43. The third-order valence-corrected chi connectivity index (χ3v) is 4.73. The van der Waals surface area contributed by atoms with Crippen molar-refractivity contribution in [2.24, 2.45) is 10.7 Å². The largest absolute Gasteiger partial charge is 0.469 e. The number of methoxy groups -OCH3 is 1. The van der Waals surface area contributed by atoms with E-state index in [-0.39, 0.29) is 23.8 Å². The number of hydrogen-bond acceptors (Lipinski definition) is 7. The minimum Gasteiger partial charge on any atom is -0.469 e. The van der Waals surface area contributed by atoms with Crippen molar-refractivity contribution in [2.75, 3.05) is 12.0 Å². The number of aromatic nitrogens is 2. The van der Waals surface area contributed by atoms with Crippen LogP contribution in [0.5, 0.6) is 0 Å². The zero-order valence-electron chi connectivity index (χ0n) is 13.7. The standard InChI is InChI=1S/C16H15N5O4S/c1-25-11(22)7-10-15(24)21(9-5-3-2-4-6-9)16(26-10)20-14-12(13(17)23)18-8-19-14/h2-6,8,10H,7H2,1H3,(H2,17,23)(H,18,19)/t10-/m1/s1. The number of benzene rings is 1. The normalized spacial score (nSPS) is 18.3. The maximum Gasteiger partial charge on any atom is 0.307 e. The Balaban J connectivity index is 2.01. The number of esters is 1. The number of imidazole rings is 1. The number of nitrogens with two attached hydrogens (primary N) is 1. The van der Waals surface area contributed by atoms with Crippen LogP contribution in [-0.4, -0.2) is 45.3 Å². The average molecular weight is 373 g/mol. The van der Waals surface area contributed by atoms with Gasteiger partial charge in [-0.25, -0.2) is 9.98 Å². The van der Waals surface area contributed by atoms with Crippen LogP contribution in [0, 0.1) is 0 Å². The van der Waals surface area contributed by atoms with Gasteiger partial charge in [0.1, 0.15) is 5.25 Å². The van der Waals surface area contributed by atoms with Gasteiger partial charge < -0.3 is 15.5 Å². The molecule has 134 valence electrons. The topological polar surface area (TPSA) is 131 Å². The molecule has 0 unspecified atom stereocenters. The van der Waals surface area contributed by atoms with E-state index in [0.717, 1.165) is 11.8 Å². The molecular weight excluding hydrogens is 358 g/mol. The van der Waals surface area contributed by atoms with Crippen LogP contribution in [0.1, 0.15) is 16.9 Å². The lowest BCUT2D eigenvalue weighted by atomic mass is 10.2. The zero-order valence-corrected chi connectivity index (χ0v) is 14.5. The smallest absolute Gasteiger partial charge is 0.307 e. The Bertz CT molecular complexity index is 880. The molecule has 2 heterocycles. The van der Waals surface area contributed by atoms with Crippen LogP contribution in [-0.2, 0) is 14.3 Å². The number of amides is 2. The van der Waals surface area contributed by atoms with Gasteiger partial charge in [0.2, 0.25) is 5.91 Å². The first-order chi connectivity index (χ1) is 12.5. The first-order valence-electron chi connectivity index (χ1n) is 7.55. The fourth-order valence-corrected chi connectivity index (χ4v) is 3.49. The zero-order chi connectivity index (χ0) is 18.7. The molecule has 0 saturated carbocycles. The van der Waals surface area contributed by atoms with E-state index in [0.29, 0.717) is 10.9 Å². The third kappa shape index (κ3) is 3.45. The van der Waals surface area contributed by atoms with Gasteiger partial charge in [0.25, 0.3) is 5.91 Å². The quantitative estimate of drug-likeness (QED) is 0.758. The summed E-state index contributed by atoms with van der Waals surface area (Å²) in [5.74, 6) is -1.44.